The van der Waals surface area contributed by atoms with Gasteiger partial charge in [-0.05, 0) is 51.4 Å². The van der Waals surface area contributed by atoms with Crippen LogP contribution >= 0.6 is 0 Å². The molecule has 106 heavy (non-hydrogen) atoms. The van der Waals surface area contributed by atoms with E-state index < -0.39 is 155 Å². The lowest BCUT2D eigenvalue weighted by molar-refractivity contribution is -0.386. The summed E-state index contributed by atoms with van der Waals surface area (Å²) in [4.78, 5) is 38.7. The van der Waals surface area contributed by atoms with Crippen LogP contribution in [0.4, 0.5) is 0 Å². The van der Waals surface area contributed by atoms with Gasteiger partial charge in [-0.15, -0.1) is 0 Å². The van der Waals surface area contributed by atoms with Gasteiger partial charge in [0, 0.05) is 19.8 Å². The Morgan fingerprint density at radius 2 is 0.915 bits per heavy atom. The number of carbonyl (C=O) groups excluding carboxylic acids is 2. The minimum absolute atomic E-state index is 0.201. The van der Waals surface area contributed by atoms with Crippen LogP contribution < -0.4 is 10.6 Å². The van der Waals surface area contributed by atoms with Crippen LogP contribution in [0.25, 0.3) is 0 Å². The summed E-state index contributed by atoms with van der Waals surface area (Å²) in [6.45, 7) is 2.19. The third-order valence-electron chi connectivity index (χ3n) is 21.3. The van der Waals surface area contributed by atoms with E-state index >= 15 is 0 Å². The molecule has 3 fully saturated rings. The fraction of sp³-hybridized carbons (Fsp3) is 0.892. The highest BCUT2D eigenvalue weighted by Crippen LogP contribution is 2.39. The van der Waals surface area contributed by atoms with Gasteiger partial charge in [0.15, 0.2) is 12.6 Å². The van der Waals surface area contributed by atoms with Crippen molar-refractivity contribution in [1.82, 2.24) is 10.6 Å². The Balaban J connectivity index is 1.48. The van der Waals surface area contributed by atoms with E-state index in [4.69, 9.17) is 28.4 Å². The number of rotatable bonds is 67. The Bertz CT molecular complexity index is 2250. The van der Waals surface area contributed by atoms with E-state index in [2.05, 4.69) is 48.8 Å². The van der Waals surface area contributed by atoms with Crippen LogP contribution in [-0.2, 0) is 42.8 Å². The summed E-state index contributed by atoms with van der Waals surface area (Å²) in [5, 5.41) is 137. The topological polar surface area (TPSA) is 373 Å². The number of hydrogen-bond donors (Lipinski definition) is 14. The molecule has 0 radical (unpaired) electrons. The zero-order valence-corrected chi connectivity index (χ0v) is 65.8. The summed E-state index contributed by atoms with van der Waals surface area (Å²) in [6.07, 6.45) is 41.8. The Labute approximate surface area is 637 Å². The largest absolute Gasteiger partial charge is 0.477 e. The molecule has 18 unspecified atom stereocenters. The van der Waals surface area contributed by atoms with Gasteiger partial charge in [0.1, 0.15) is 67.1 Å². The van der Waals surface area contributed by atoms with Gasteiger partial charge in [0.2, 0.25) is 11.8 Å². The van der Waals surface area contributed by atoms with Gasteiger partial charge in [-0.2, -0.15) is 0 Å². The number of amides is 2. The number of carboxylic acids is 1. The molecule has 14 N–H and O–H groups in total. The number of carboxylic acid groups (broad SMARTS) is 1. The quantitative estimate of drug-likeness (QED) is 0.0199. The van der Waals surface area contributed by atoms with E-state index in [9.17, 15) is 75.7 Å². The number of aliphatic carboxylic acids is 1. The second-order valence-electron chi connectivity index (χ2n) is 30.7. The van der Waals surface area contributed by atoms with E-state index in [1.54, 1.807) is 6.08 Å². The number of allylic oxidation sites excluding steroid dienone is 5. The van der Waals surface area contributed by atoms with Crippen molar-refractivity contribution in [3.8, 4) is 0 Å². The standard InChI is InChI=1S/C83H152N2O21/c1-4-6-8-10-12-14-16-18-20-22-24-26-27-28-29-30-31-32-33-34-35-37-39-41-43-45-47-49-51-53-55-57-70(93)85-64(65(90)56-54-52-50-48-46-44-42-40-38-36-25-23-21-19-17-15-13-11-9-7-5-2)62-101-80-75(97)74(96)77(69(61-88)103-80)104-81-76(98)79(73(95)68(60-87)102-81)106-83(82(99)100)58-66(91)71(84-63(3)89)78(105-83)72(94)67(92)59-86/h24,26,28-29,54,56,64-69,71-81,86-88,90-92,94-98H,4-23,25,27,30-53,55,57-62H2,1-3H3,(H,84,89)(H,85,93)(H,99,100)/b26-24-,29-28-,56-54+. The number of aliphatic hydroxyl groups excluding tert-OH is 11. The summed E-state index contributed by atoms with van der Waals surface area (Å²) in [6, 6.07) is -2.62. The minimum atomic E-state index is -3.08. The second-order valence-corrected chi connectivity index (χ2v) is 30.7. The first-order valence-electron chi connectivity index (χ1n) is 42.4. The highest BCUT2D eigenvalue weighted by atomic mass is 16.8. The van der Waals surface area contributed by atoms with Crippen LogP contribution in [0.1, 0.15) is 335 Å². The van der Waals surface area contributed by atoms with Gasteiger partial charge in [-0.25, -0.2) is 4.79 Å². The van der Waals surface area contributed by atoms with Crippen molar-refractivity contribution in [3.63, 3.8) is 0 Å². The molecule has 620 valence electrons. The highest BCUT2D eigenvalue weighted by Gasteiger charge is 2.60. The lowest BCUT2D eigenvalue weighted by Gasteiger charge is -2.50. The highest BCUT2D eigenvalue weighted by molar-refractivity contribution is 5.77. The van der Waals surface area contributed by atoms with Gasteiger partial charge < -0.3 is 100 Å². The SMILES string of the molecule is CCCCCCCCCCC/C=C\C/C=C\CCCCCCCCCCCCCCCCCC(=O)NC(COC1OC(CO)C(OC2OC(CO)C(O)C(OC3(C(=O)O)CC(O)C(NC(C)=O)C(C(O)C(O)CO)O3)C2O)C(O)C1O)C(O)/C=C/CCCCCCCCCCCCCCCCCCCCC. The van der Waals surface area contributed by atoms with Crippen LogP contribution in [0.15, 0.2) is 36.5 Å². The fourth-order valence-corrected chi connectivity index (χ4v) is 14.6. The minimum Gasteiger partial charge on any atom is -0.477 e. The first-order chi connectivity index (χ1) is 51.4. The van der Waals surface area contributed by atoms with Gasteiger partial charge in [-0.1, -0.05) is 301 Å². The molecular weight excluding hydrogens is 1360 g/mol. The molecule has 0 aliphatic carbocycles. The van der Waals surface area contributed by atoms with Gasteiger partial charge in [0.05, 0.1) is 50.7 Å². The molecule has 0 aromatic heterocycles. The normalized spacial score (nSPS) is 26.3. The van der Waals surface area contributed by atoms with Crippen molar-refractivity contribution in [2.24, 2.45) is 0 Å². The van der Waals surface area contributed by atoms with Crippen molar-refractivity contribution in [1.29, 1.82) is 0 Å². The van der Waals surface area contributed by atoms with E-state index in [1.807, 2.05) is 6.08 Å². The van der Waals surface area contributed by atoms with Crippen LogP contribution in [-0.4, -0.2) is 215 Å². The monoisotopic (exact) mass is 1510 g/mol. The molecule has 3 saturated heterocycles. The van der Waals surface area contributed by atoms with Crippen molar-refractivity contribution in [2.75, 3.05) is 26.4 Å². The molecule has 0 saturated carbocycles. The van der Waals surface area contributed by atoms with Crippen molar-refractivity contribution in [2.45, 2.75) is 445 Å². The van der Waals surface area contributed by atoms with Crippen LogP contribution in [0.2, 0.25) is 0 Å². The Morgan fingerprint density at radius 1 is 0.500 bits per heavy atom. The third-order valence-corrected chi connectivity index (χ3v) is 21.3. The Kier molecular flexibility index (Phi) is 56.4. The smallest absolute Gasteiger partial charge is 0.364 e. The molecule has 23 nitrogen and oxygen atoms in total. The molecule has 0 spiro atoms. The van der Waals surface area contributed by atoms with Crippen molar-refractivity contribution in [3.05, 3.63) is 36.5 Å². The van der Waals surface area contributed by atoms with Crippen LogP contribution in [0.5, 0.6) is 0 Å². The Morgan fingerprint density at radius 3 is 1.33 bits per heavy atom. The molecule has 18 atom stereocenters. The number of aliphatic hydroxyl groups is 11. The van der Waals surface area contributed by atoms with Gasteiger partial charge >= 0.3 is 5.97 Å². The fourth-order valence-electron chi connectivity index (χ4n) is 14.6. The molecule has 3 rings (SSSR count). The van der Waals surface area contributed by atoms with Gasteiger partial charge in [-0.3, -0.25) is 9.59 Å². The number of hydrogen-bond acceptors (Lipinski definition) is 20. The summed E-state index contributed by atoms with van der Waals surface area (Å²) in [5.41, 5.74) is 0. The number of nitrogens with one attached hydrogen (secondary N) is 2. The summed E-state index contributed by atoms with van der Waals surface area (Å²) in [7, 11) is 0. The summed E-state index contributed by atoms with van der Waals surface area (Å²) >= 11 is 0. The lowest BCUT2D eigenvalue weighted by Crippen LogP contribution is -2.70. The van der Waals surface area contributed by atoms with Gasteiger partial charge in [0.25, 0.3) is 5.79 Å². The molecule has 0 bridgehead atoms. The molecule has 0 aromatic carbocycles. The maximum absolute atomic E-state index is 13.6. The summed E-state index contributed by atoms with van der Waals surface area (Å²) in [5.74, 6) is -6.14. The second kappa shape index (κ2) is 61.5. The molecule has 0 aromatic rings. The first-order valence-corrected chi connectivity index (χ1v) is 42.4. The van der Waals surface area contributed by atoms with Crippen LogP contribution in [0, 0.1) is 0 Å². The first kappa shape index (κ1) is 97.1. The van der Waals surface area contributed by atoms with E-state index in [-0.39, 0.29) is 12.3 Å². The average Bonchev–Trinajstić information content (AvgIpc) is 0.754. The molecule has 23 heteroatoms. The molecule has 3 aliphatic heterocycles. The van der Waals surface area contributed by atoms with Crippen molar-refractivity contribution < 1.29 is 104 Å². The van der Waals surface area contributed by atoms with Crippen LogP contribution in [0.3, 0.4) is 0 Å². The van der Waals surface area contributed by atoms with E-state index in [0.717, 1.165) is 58.3 Å². The molecule has 3 aliphatic rings. The summed E-state index contributed by atoms with van der Waals surface area (Å²) < 4.78 is 34.9. The maximum atomic E-state index is 13.6. The molecule has 3 heterocycles. The molecular formula is C83H152N2O21. The molecule has 2 amide bonds. The van der Waals surface area contributed by atoms with E-state index in [0.29, 0.717) is 12.8 Å². The third kappa shape index (κ3) is 40.9. The average molecular weight is 1510 g/mol. The number of unbranched alkanes of at least 4 members (excludes halogenated alkanes) is 43. The number of ether oxygens (including phenoxy) is 6. The Hall–Kier alpha value is -3.05. The lowest BCUT2D eigenvalue weighted by atomic mass is 9.88. The maximum Gasteiger partial charge on any atom is 0.364 e. The number of carbonyl (C=O) groups is 3. The predicted molar refractivity (Wildman–Crippen MR) is 412 cm³/mol. The predicted octanol–water partition coefficient (Wildman–Crippen LogP) is 12.1. The zero-order valence-electron chi connectivity index (χ0n) is 65.8. The zero-order chi connectivity index (χ0) is 77.4. The van der Waals surface area contributed by atoms with Crippen molar-refractivity contribution >= 4 is 17.8 Å². The van der Waals surface area contributed by atoms with E-state index in [1.165, 1.54) is 238 Å².